The Labute approximate surface area is 148 Å². The molecule has 1 aromatic carbocycles. The minimum atomic E-state index is -5.09. The smallest absolute Gasteiger partial charge is 0.449 e. The summed E-state index contributed by atoms with van der Waals surface area (Å²) in [5.74, 6) is -2.28. The predicted octanol–water partition coefficient (Wildman–Crippen LogP) is 4.50. The van der Waals surface area contributed by atoms with Gasteiger partial charge in [-0.3, -0.25) is 0 Å². The van der Waals surface area contributed by atoms with Crippen LogP contribution in [0, 0.1) is 0 Å². The highest BCUT2D eigenvalue weighted by atomic mass is 35.5. The van der Waals surface area contributed by atoms with E-state index in [2.05, 4.69) is 10.1 Å². The number of hydrogen-bond acceptors (Lipinski definition) is 4. The van der Waals surface area contributed by atoms with Crippen LogP contribution in [0.4, 0.5) is 18.9 Å². The third-order valence-corrected chi connectivity index (χ3v) is 3.95. The summed E-state index contributed by atoms with van der Waals surface area (Å²) in [5, 5.41) is 3.18. The summed E-state index contributed by atoms with van der Waals surface area (Å²) >= 11 is 11.8. The molecule has 0 bridgehead atoms. The first-order valence-corrected chi connectivity index (χ1v) is 8.07. The number of hydrogen-bond donors (Lipinski definition) is 2. The first-order chi connectivity index (χ1) is 11.1. The van der Waals surface area contributed by atoms with Gasteiger partial charge < -0.3 is 15.8 Å². The fourth-order valence-corrected chi connectivity index (χ4v) is 2.56. The van der Waals surface area contributed by atoms with E-state index in [4.69, 9.17) is 28.9 Å². The summed E-state index contributed by atoms with van der Waals surface area (Å²) in [5.41, 5.74) is 5.95. The number of anilines is 1. The molecule has 0 saturated carbocycles. The molecule has 0 aromatic heterocycles. The number of ether oxygens (including phenoxy) is 1. The molecule has 0 saturated heterocycles. The van der Waals surface area contributed by atoms with E-state index in [0.717, 1.165) is 12.8 Å². The first-order valence-electron chi connectivity index (χ1n) is 7.31. The first kappa shape index (κ1) is 20.9. The maximum Gasteiger partial charge on any atom is 0.490 e. The molecule has 0 heterocycles. The molecule has 1 aromatic rings. The van der Waals surface area contributed by atoms with Crippen molar-refractivity contribution >= 4 is 34.9 Å². The quantitative estimate of drug-likeness (QED) is 0.534. The van der Waals surface area contributed by atoms with Gasteiger partial charge in [0.2, 0.25) is 0 Å². The van der Waals surface area contributed by atoms with Crippen LogP contribution in [0.5, 0.6) is 0 Å². The molecule has 2 unspecified atom stereocenters. The van der Waals surface area contributed by atoms with Crippen LogP contribution in [0.25, 0.3) is 0 Å². The van der Waals surface area contributed by atoms with E-state index in [9.17, 15) is 18.0 Å². The summed E-state index contributed by atoms with van der Waals surface area (Å²) in [6.45, 7) is 3.85. The lowest BCUT2D eigenvalue weighted by Crippen LogP contribution is -2.35. The number of nitrogen functional groups attached to an aromatic ring is 1. The van der Waals surface area contributed by atoms with Crippen molar-refractivity contribution in [3.05, 3.63) is 27.7 Å². The van der Waals surface area contributed by atoms with E-state index in [1.165, 1.54) is 12.1 Å². The van der Waals surface area contributed by atoms with Crippen LogP contribution in [0.3, 0.4) is 0 Å². The second-order valence-electron chi connectivity index (χ2n) is 5.39. The molecule has 4 nitrogen and oxygen atoms in total. The van der Waals surface area contributed by atoms with E-state index in [0.29, 0.717) is 0 Å². The second kappa shape index (κ2) is 8.78. The Morgan fingerprint density at radius 3 is 2.33 bits per heavy atom. The minimum Gasteiger partial charge on any atom is -0.449 e. The number of nitrogens with one attached hydrogen (secondary N) is 1. The Kier molecular flexibility index (Phi) is 7.63. The van der Waals surface area contributed by atoms with Crippen LogP contribution in [-0.2, 0) is 9.53 Å². The van der Waals surface area contributed by atoms with E-state index in [1.54, 1.807) is 0 Å². The lowest BCUT2D eigenvalue weighted by molar-refractivity contribution is -0.205. The van der Waals surface area contributed by atoms with Gasteiger partial charge in [0.15, 0.2) is 0 Å². The van der Waals surface area contributed by atoms with E-state index in [-0.39, 0.29) is 33.9 Å². The average molecular weight is 387 g/mol. The van der Waals surface area contributed by atoms with E-state index in [1.807, 2.05) is 13.8 Å². The van der Waals surface area contributed by atoms with Gasteiger partial charge in [-0.05, 0) is 31.0 Å². The van der Waals surface area contributed by atoms with Crippen molar-refractivity contribution in [2.45, 2.75) is 45.0 Å². The fraction of sp³-hybridized carbons (Fsp3) is 0.533. The highest BCUT2D eigenvalue weighted by molar-refractivity contribution is 6.38. The number of halogens is 5. The SMILES string of the molecule is CCCC(C)NCC(OC(=O)C(F)(F)F)c1cc(Cl)c(N)c(Cl)c1. The van der Waals surface area contributed by atoms with Crippen molar-refractivity contribution in [3.8, 4) is 0 Å². The number of nitrogens with two attached hydrogens (primary N) is 1. The maximum atomic E-state index is 12.5. The number of alkyl halides is 3. The molecular formula is C15H19Cl2F3N2O2. The van der Waals surface area contributed by atoms with Crippen LogP contribution in [0.1, 0.15) is 38.4 Å². The van der Waals surface area contributed by atoms with Gasteiger partial charge in [-0.1, -0.05) is 36.5 Å². The Hall–Kier alpha value is -1.18. The third-order valence-electron chi connectivity index (χ3n) is 3.33. The van der Waals surface area contributed by atoms with Crippen molar-refractivity contribution in [2.24, 2.45) is 0 Å². The topological polar surface area (TPSA) is 64.3 Å². The van der Waals surface area contributed by atoms with Gasteiger partial charge in [-0.15, -0.1) is 0 Å². The molecule has 0 fully saturated rings. The van der Waals surface area contributed by atoms with Gasteiger partial charge in [-0.25, -0.2) is 4.79 Å². The Morgan fingerprint density at radius 1 is 1.33 bits per heavy atom. The average Bonchev–Trinajstić information content (AvgIpc) is 2.47. The predicted molar refractivity (Wildman–Crippen MR) is 88.1 cm³/mol. The van der Waals surface area contributed by atoms with Crippen molar-refractivity contribution in [1.29, 1.82) is 0 Å². The van der Waals surface area contributed by atoms with Crippen LogP contribution < -0.4 is 11.1 Å². The van der Waals surface area contributed by atoms with Crippen molar-refractivity contribution in [2.75, 3.05) is 12.3 Å². The zero-order chi connectivity index (χ0) is 18.5. The molecule has 0 amide bonds. The second-order valence-corrected chi connectivity index (χ2v) is 6.20. The molecule has 136 valence electrons. The number of rotatable bonds is 7. The molecule has 3 N–H and O–H groups in total. The highest BCUT2D eigenvalue weighted by Gasteiger charge is 2.42. The third kappa shape index (κ3) is 6.03. The number of carbonyl (C=O) groups is 1. The van der Waals surface area contributed by atoms with Crippen LogP contribution in [-0.4, -0.2) is 24.7 Å². The zero-order valence-electron chi connectivity index (χ0n) is 13.2. The van der Waals surface area contributed by atoms with Crippen molar-refractivity contribution < 1.29 is 22.7 Å². The van der Waals surface area contributed by atoms with E-state index >= 15 is 0 Å². The van der Waals surface area contributed by atoms with Gasteiger partial charge in [-0.2, -0.15) is 13.2 Å². The van der Waals surface area contributed by atoms with Crippen LogP contribution in [0.15, 0.2) is 12.1 Å². The molecule has 2 atom stereocenters. The Bertz CT molecular complexity index is 559. The number of esters is 1. The Morgan fingerprint density at radius 2 is 1.88 bits per heavy atom. The number of carbonyl (C=O) groups excluding carboxylic acids is 1. The highest BCUT2D eigenvalue weighted by Crippen LogP contribution is 2.33. The molecule has 0 spiro atoms. The number of benzene rings is 1. The van der Waals surface area contributed by atoms with Gasteiger partial charge in [0.05, 0.1) is 15.7 Å². The molecule has 0 aliphatic carbocycles. The fourth-order valence-electron chi connectivity index (χ4n) is 2.06. The molecule has 9 heteroatoms. The van der Waals surface area contributed by atoms with E-state index < -0.39 is 18.2 Å². The normalized spacial score (nSPS) is 14.3. The molecule has 0 aliphatic rings. The monoisotopic (exact) mass is 386 g/mol. The zero-order valence-corrected chi connectivity index (χ0v) is 14.7. The molecular weight excluding hydrogens is 368 g/mol. The van der Waals surface area contributed by atoms with Gasteiger partial charge in [0.1, 0.15) is 6.10 Å². The van der Waals surface area contributed by atoms with Crippen LogP contribution in [0.2, 0.25) is 10.0 Å². The van der Waals surface area contributed by atoms with Gasteiger partial charge in [0, 0.05) is 12.6 Å². The maximum absolute atomic E-state index is 12.5. The molecule has 0 radical (unpaired) electrons. The summed E-state index contributed by atoms with van der Waals surface area (Å²) in [7, 11) is 0. The molecule has 1 rings (SSSR count). The summed E-state index contributed by atoms with van der Waals surface area (Å²) in [6.07, 6.45) is -4.56. The summed E-state index contributed by atoms with van der Waals surface area (Å²) in [4.78, 5) is 11.2. The van der Waals surface area contributed by atoms with Crippen molar-refractivity contribution in [3.63, 3.8) is 0 Å². The van der Waals surface area contributed by atoms with Gasteiger partial charge in [0.25, 0.3) is 0 Å². The van der Waals surface area contributed by atoms with Crippen molar-refractivity contribution in [1.82, 2.24) is 5.32 Å². The molecule has 0 aliphatic heterocycles. The Balaban J connectivity index is 3.02. The summed E-state index contributed by atoms with van der Waals surface area (Å²) < 4.78 is 42.1. The lowest BCUT2D eigenvalue weighted by Gasteiger charge is -2.22. The summed E-state index contributed by atoms with van der Waals surface area (Å²) in [6, 6.07) is 2.72. The lowest BCUT2D eigenvalue weighted by atomic mass is 10.1. The minimum absolute atomic E-state index is 0.0143. The largest absolute Gasteiger partial charge is 0.490 e. The standard InChI is InChI=1S/C15H19Cl2F3N2O2/c1-3-4-8(2)22-7-12(24-14(23)15(18,19)20)9-5-10(16)13(21)11(17)6-9/h5-6,8,12,22H,3-4,7,21H2,1-2H3. The van der Waals surface area contributed by atoms with Crippen LogP contribution >= 0.6 is 23.2 Å². The van der Waals surface area contributed by atoms with Gasteiger partial charge >= 0.3 is 12.1 Å². The molecule has 24 heavy (non-hydrogen) atoms.